The van der Waals surface area contributed by atoms with Gasteiger partial charge in [-0.15, -0.1) is 0 Å². The van der Waals surface area contributed by atoms with E-state index in [2.05, 4.69) is 17.1 Å². The number of amides is 2. The van der Waals surface area contributed by atoms with E-state index in [0.717, 1.165) is 6.42 Å². The van der Waals surface area contributed by atoms with Gasteiger partial charge in [0, 0.05) is 6.04 Å². The van der Waals surface area contributed by atoms with Gasteiger partial charge >= 0.3 is 0 Å². The third-order valence-electron chi connectivity index (χ3n) is 3.76. The van der Waals surface area contributed by atoms with Crippen molar-refractivity contribution in [2.45, 2.75) is 45.1 Å². The molecule has 0 aromatic heterocycles. The van der Waals surface area contributed by atoms with Crippen LogP contribution in [0.4, 0.5) is 0 Å². The highest BCUT2D eigenvalue weighted by Gasteiger charge is 2.31. The molecule has 1 saturated heterocycles. The van der Waals surface area contributed by atoms with E-state index in [1.54, 1.807) is 0 Å². The lowest BCUT2D eigenvalue weighted by Crippen LogP contribution is -2.55. The molecule has 1 saturated carbocycles. The molecule has 2 fully saturated rings. The van der Waals surface area contributed by atoms with Crippen molar-refractivity contribution in [3.8, 4) is 0 Å². The first-order valence-electron chi connectivity index (χ1n) is 6.23. The summed E-state index contributed by atoms with van der Waals surface area (Å²) in [5.74, 6) is 0.307. The van der Waals surface area contributed by atoms with Crippen LogP contribution in [0.2, 0.25) is 0 Å². The van der Waals surface area contributed by atoms with E-state index in [1.165, 1.54) is 25.7 Å². The Labute approximate surface area is 96.4 Å². The second kappa shape index (κ2) is 4.95. The Morgan fingerprint density at radius 2 is 1.69 bits per heavy atom. The first-order chi connectivity index (χ1) is 7.66. The number of rotatable bonds is 1. The molecule has 2 amide bonds. The first-order valence-corrected chi connectivity index (χ1v) is 6.23. The van der Waals surface area contributed by atoms with Crippen LogP contribution >= 0.6 is 0 Å². The zero-order valence-electron chi connectivity index (χ0n) is 9.87. The third kappa shape index (κ3) is 2.61. The minimum atomic E-state index is -0.146. The number of nitrogens with one attached hydrogen (secondary N) is 1. The largest absolute Gasteiger partial charge is 0.294 e. The SMILES string of the molecule is CC1CCCCCC1N1CC(=O)NC(=O)C1. The summed E-state index contributed by atoms with van der Waals surface area (Å²) in [5, 5.41) is 2.36. The molecule has 1 N–H and O–H groups in total. The molecule has 2 aliphatic rings. The quantitative estimate of drug-likeness (QED) is 0.532. The maximum absolute atomic E-state index is 11.3. The molecule has 0 bridgehead atoms. The Hall–Kier alpha value is -0.900. The number of piperazine rings is 1. The number of hydrogen-bond acceptors (Lipinski definition) is 3. The van der Waals surface area contributed by atoms with Gasteiger partial charge in [0.05, 0.1) is 13.1 Å². The van der Waals surface area contributed by atoms with Crippen LogP contribution in [-0.2, 0) is 9.59 Å². The van der Waals surface area contributed by atoms with Gasteiger partial charge in [-0.1, -0.05) is 26.2 Å². The Morgan fingerprint density at radius 3 is 2.38 bits per heavy atom. The molecule has 0 aromatic carbocycles. The monoisotopic (exact) mass is 224 g/mol. The minimum absolute atomic E-state index is 0.146. The van der Waals surface area contributed by atoms with E-state index in [4.69, 9.17) is 0 Å². The van der Waals surface area contributed by atoms with E-state index in [9.17, 15) is 9.59 Å². The van der Waals surface area contributed by atoms with Crippen molar-refractivity contribution in [1.82, 2.24) is 10.2 Å². The molecule has 0 aromatic rings. The molecule has 2 unspecified atom stereocenters. The summed E-state index contributed by atoms with van der Waals surface area (Å²) < 4.78 is 0. The van der Waals surface area contributed by atoms with Crippen molar-refractivity contribution in [1.29, 1.82) is 0 Å². The number of hydrogen-bond donors (Lipinski definition) is 1. The van der Waals surface area contributed by atoms with Crippen molar-refractivity contribution < 1.29 is 9.59 Å². The summed E-state index contributed by atoms with van der Waals surface area (Å²) >= 11 is 0. The van der Waals surface area contributed by atoms with Crippen LogP contribution in [0.3, 0.4) is 0 Å². The normalized spacial score (nSPS) is 33.3. The second-order valence-electron chi connectivity index (χ2n) is 5.06. The second-order valence-corrected chi connectivity index (χ2v) is 5.06. The summed E-state index contributed by atoms with van der Waals surface area (Å²) in [6.07, 6.45) is 6.14. The molecular formula is C12H20N2O2. The molecule has 4 heteroatoms. The van der Waals surface area contributed by atoms with Crippen LogP contribution in [0.1, 0.15) is 39.0 Å². The van der Waals surface area contributed by atoms with Gasteiger partial charge < -0.3 is 0 Å². The van der Waals surface area contributed by atoms with Gasteiger partial charge in [0.25, 0.3) is 0 Å². The Balaban J connectivity index is 2.03. The van der Waals surface area contributed by atoms with E-state index < -0.39 is 0 Å². The van der Waals surface area contributed by atoms with Crippen LogP contribution in [-0.4, -0.2) is 35.8 Å². The maximum Gasteiger partial charge on any atom is 0.240 e. The predicted molar refractivity (Wildman–Crippen MR) is 60.8 cm³/mol. The fourth-order valence-electron chi connectivity index (χ4n) is 2.91. The third-order valence-corrected chi connectivity index (χ3v) is 3.76. The molecule has 0 radical (unpaired) electrons. The zero-order valence-corrected chi connectivity index (χ0v) is 9.87. The van der Waals surface area contributed by atoms with Crippen molar-refractivity contribution in [2.24, 2.45) is 5.92 Å². The topological polar surface area (TPSA) is 49.4 Å². The van der Waals surface area contributed by atoms with Gasteiger partial charge in [0.1, 0.15) is 0 Å². The lowest BCUT2D eigenvalue weighted by molar-refractivity contribution is -0.137. The van der Waals surface area contributed by atoms with Gasteiger partial charge in [-0.3, -0.25) is 19.8 Å². The lowest BCUT2D eigenvalue weighted by Gasteiger charge is -2.36. The molecule has 2 atom stereocenters. The molecular weight excluding hydrogens is 204 g/mol. The summed E-state index contributed by atoms with van der Waals surface area (Å²) in [6.45, 7) is 3.02. The highest BCUT2D eigenvalue weighted by molar-refractivity contribution is 5.99. The molecule has 1 heterocycles. The van der Waals surface area contributed by atoms with Gasteiger partial charge in [-0.2, -0.15) is 0 Å². The predicted octanol–water partition coefficient (Wildman–Crippen LogP) is 0.914. The van der Waals surface area contributed by atoms with E-state index >= 15 is 0 Å². The molecule has 1 aliphatic carbocycles. The van der Waals surface area contributed by atoms with Gasteiger partial charge in [0.2, 0.25) is 11.8 Å². The standard InChI is InChI=1S/C12H20N2O2/c1-9-5-3-2-4-6-10(9)14-7-11(15)13-12(16)8-14/h9-10H,2-8H2,1H3,(H,13,15,16). The average molecular weight is 224 g/mol. The van der Waals surface area contributed by atoms with Crippen LogP contribution in [0, 0.1) is 5.92 Å². The highest BCUT2D eigenvalue weighted by Crippen LogP contribution is 2.27. The average Bonchev–Trinajstić information content (AvgIpc) is 2.41. The fraction of sp³-hybridized carbons (Fsp3) is 0.833. The van der Waals surface area contributed by atoms with E-state index in [-0.39, 0.29) is 11.8 Å². The van der Waals surface area contributed by atoms with E-state index in [0.29, 0.717) is 25.0 Å². The number of nitrogens with zero attached hydrogens (tertiary/aromatic N) is 1. The zero-order chi connectivity index (χ0) is 11.5. The maximum atomic E-state index is 11.3. The van der Waals surface area contributed by atoms with Crippen molar-refractivity contribution >= 4 is 11.8 Å². The van der Waals surface area contributed by atoms with Gasteiger partial charge in [0.15, 0.2) is 0 Å². The van der Waals surface area contributed by atoms with Crippen LogP contribution in [0.5, 0.6) is 0 Å². The van der Waals surface area contributed by atoms with E-state index in [1.807, 2.05) is 0 Å². The highest BCUT2D eigenvalue weighted by atomic mass is 16.2. The summed E-state index contributed by atoms with van der Waals surface area (Å²) in [6, 6.07) is 0.414. The lowest BCUT2D eigenvalue weighted by atomic mass is 9.95. The number of carbonyl (C=O) groups excluding carboxylic acids is 2. The molecule has 1 aliphatic heterocycles. The number of carbonyl (C=O) groups is 2. The van der Waals surface area contributed by atoms with Crippen LogP contribution in [0.15, 0.2) is 0 Å². The molecule has 90 valence electrons. The van der Waals surface area contributed by atoms with Crippen molar-refractivity contribution in [3.63, 3.8) is 0 Å². The Morgan fingerprint density at radius 1 is 1.06 bits per heavy atom. The number of imide groups is 1. The first kappa shape index (κ1) is 11.6. The smallest absolute Gasteiger partial charge is 0.240 e. The van der Waals surface area contributed by atoms with Gasteiger partial charge in [-0.05, 0) is 18.8 Å². The van der Waals surface area contributed by atoms with Crippen LogP contribution < -0.4 is 5.32 Å². The van der Waals surface area contributed by atoms with Crippen molar-refractivity contribution in [3.05, 3.63) is 0 Å². The Kier molecular flexibility index (Phi) is 3.59. The molecule has 0 spiro atoms. The fourth-order valence-corrected chi connectivity index (χ4v) is 2.91. The van der Waals surface area contributed by atoms with Gasteiger partial charge in [-0.25, -0.2) is 0 Å². The van der Waals surface area contributed by atoms with Crippen LogP contribution in [0.25, 0.3) is 0 Å². The van der Waals surface area contributed by atoms with Crippen molar-refractivity contribution in [2.75, 3.05) is 13.1 Å². The molecule has 2 rings (SSSR count). The summed E-state index contributed by atoms with van der Waals surface area (Å²) in [7, 11) is 0. The molecule has 16 heavy (non-hydrogen) atoms. The summed E-state index contributed by atoms with van der Waals surface area (Å²) in [4.78, 5) is 24.8. The molecule has 4 nitrogen and oxygen atoms in total. The minimum Gasteiger partial charge on any atom is -0.294 e. The Bertz CT molecular complexity index is 275. The summed E-state index contributed by atoms with van der Waals surface area (Å²) in [5.41, 5.74) is 0.